The zero-order chi connectivity index (χ0) is 13.9. The van der Waals surface area contributed by atoms with Crippen LogP contribution in [0.2, 0.25) is 0 Å². The smallest absolute Gasteiger partial charge is 0.120 e. The lowest BCUT2D eigenvalue weighted by Gasteiger charge is -2.13. The van der Waals surface area contributed by atoms with Gasteiger partial charge in [0.25, 0.3) is 0 Å². The van der Waals surface area contributed by atoms with Gasteiger partial charge in [-0.05, 0) is 30.2 Å². The number of methoxy groups -OCH3 is 1. The highest BCUT2D eigenvalue weighted by Gasteiger charge is 2.27. The minimum absolute atomic E-state index is 0.0651. The standard InChI is InChI=1S/C16H18N2O2/c1-20-12-7-8-16(19)13(9-12)15-10-14(17-18-15)11-5-3-2-4-6-11/h2-9,14-15,17-19H,10H2,1H3. The SMILES string of the molecule is COc1ccc(O)c(C2CC(c3ccccc3)NN2)c1. The van der Waals surface area contributed by atoms with Gasteiger partial charge in [0.15, 0.2) is 0 Å². The summed E-state index contributed by atoms with van der Waals surface area (Å²) in [5.74, 6) is 1.04. The van der Waals surface area contributed by atoms with Crippen LogP contribution in [0.5, 0.6) is 11.5 Å². The van der Waals surface area contributed by atoms with Gasteiger partial charge in [-0.3, -0.25) is 0 Å². The van der Waals surface area contributed by atoms with Crippen LogP contribution in [-0.2, 0) is 0 Å². The van der Waals surface area contributed by atoms with E-state index in [4.69, 9.17) is 4.74 Å². The van der Waals surface area contributed by atoms with Crippen LogP contribution in [0.25, 0.3) is 0 Å². The fourth-order valence-electron chi connectivity index (χ4n) is 2.60. The van der Waals surface area contributed by atoms with E-state index in [1.165, 1.54) is 5.56 Å². The number of nitrogens with one attached hydrogen (secondary N) is 2. The molecule has 0 amide bonds. The fourth-order valence-corrected chi connectivity index (χ4v) is 2.60. The van der Waals surface area contributed by atoms with Crippen LogP contribution < -0.4 is 15.6 Å². The molecule has 0 spiro atoms. The van der Waals surface area contributed by atoms with E-state index in [9.17, 15) is 5.11 Å². The van der Waals surface area contributed by atoms with E-state index in [-0.39, 0.29) is 12.1 Å². The van der Waals surface area contributed by atoms with Crippen LogP contribution in [0.1, 0.15) is 29.6 Å². The Morgan fingerprint density at radius 1 is 1.05 bits per heavy atom. The first-order valence-corrected chi connectivity index (χ1v) is 6.71. The summed E-state index contributed by atoms with van der Waals surface area (Å²) in [5.41, 5.74) is 8.63. The van der Waals surface area contributed by atoms with Crippen LogP contribution in [0.15, 0.2) is 48.5 Å². The van der Waals surface area contributed by atoms with Crippen molar-refractivity contribution in [2.75, 3.05) is 7.11 Å². The third-order valence-electron chi connectivity index (χ3n) is 3.72. The van der Waals surface area contributed by atoms with E-state index < -0.39 is 0 Å². The van der Waals surface area contributed by atoms with E-state index in [0.717, 1.165) is 17.7 Å². The second-order valence-electron chi connectivity index (χ2n) is 4.96. The van der Waals surface area contributed by atoms with Gasteiger partial charge in [-0.25, -0.2) is 10.9 Å². The third kappa shape index (κ3) is 2.48. The molecule has 0 saturated carbocycles. The highest BCUT2D eigenvalue weighted by molar-refractivity contribution is 5.42. The molecule has 1 heterocycles. The quantitative estimate of drug-likeness (QED) is 0.802. The molecule has 4 heteroatoms. The van der Waals surface area contributed by atoms with Crippen LogP contribution in [-0.4, -0.2) is 12.2 Å². The summed E-state index contributed by atoms with van der Waals surface area (Å²) in [5, 5.41) is 10.0. The van der Waals surface area contributed by atoms with E-state index in [1.54, 1.807) is 19.2 Å². The molecule has 1 fully saturated rings. The first-order chi connectivity index (χ1) is 9.78. The Bertz CT molecular complexity index is 586. The number of ether oxygens (including phenoxy) is 1. The van der Waals surface area contributed by atoms with E-state index in [1.807, 2.05) is 24.3 Å². The minimum Gasteiger partial charge on any atom is -0.508 e. The predicted molar refractivity (Wildman–Crippen MR) is 77.5 cm³/mol. The van der Waals surface area contributed by atoms with Gasteiger partial charge < -0.3 is 9.84 Å². The molecule has 4 nitrogen and oxygen atoms in total. The molecular formula is C16H18N2O2. The van der Waals surface area contributed by atoms with Crippen molar-refractivity contribution in [1.29, 1.82) is 0 Å². The number of phenols is 1. The Morgan fingerprint density at radius 2 is 1.80 bits per heavy atom. The zero-order valence-electron chi connectivity index (χ0n) is 11.3. The summed E-state index contributed by atoms with van der Waals surface area (Å²) in [4.78, 5) is 0. The van der Waals surface area contributed by atoms with Crippen LogP contribution in [0.4, 0.5) is 0 Å². The molecule has 2 atom stereocenters. The summed E-state index contributed by atoms with van der Waals surface area (Å²) in [7, 11) is 1.63. The van der Waals surface area contributed by atoms with Crippen molar-refractivity contribution in [2.24, 2.45) is 0 Å². The number of hydrogen-bond donors (Lipinski definition) is 3. The third-order valence-corrected chi connectivity index (χ3v) is 3.72. The van der Waals surface area contributed by atoms with Crippen LogP contribution in [0, 0.1) is 0 Å². The first kappa shape index (κ1) is 13.0. The lowest BCUT2D eigenvalue weighted by Crippen LogP contribution is -2.26. The lowest BCUT2D eigenvalue weighted by atomic mass is 9.97. The monoisotopic (exact) mass is 270 g/mol. The van der Waals surface area contributed by atoms with Gasteiger partial charge >= 0.3 is 0 Å². The number of phenolic OH excluding ortho intramolecular Hbond substituents is 1. The minimum atomic E-state index is 0.0651. The molecule has 0 aromatic heterocycles. The molecule has 2 unspecified atom stereocenters. The summed E-state index contributed by atoms with van der Waals surface area (Å²) in [6.45, 7) is 0. The van der Waals surface area contributed by atoms with Crippen molar-refractivity contribution in [1.82, 2.24) is 10.9 Å². The van der Waals surface area contributed by atoms with Crippen LogP contribution >= 0.6 is 0 Å². The fraction of sp³-hybridized carbons (Fsp3) is 0.250. The summed E-state index contributed by atoms with van der Waals surface area (Å²) in [6.07, 6.45) is 0.880. The molecule has 3 N–H and O–H groups in total. The number of aromatic hydroxyl groups is 1. The number of hydrazine groups is 1. The molecule has 0 radical (unpaired) electrons. The molecular weight excluding hydrogens is 252 g/mol. The zero-order valence-corrected chi connectivity index (χ0v) is 11.3. The van der Waals surface area contributed by atoms with Crippen molar-refractivity contribution in [3.63, 3.8) is 0 Å². The predicted octanol–water partition coefficient (Wildman–Crippen LogP) is 2.68. The van der Waals surface area contributed by atoms with Crippen molar-refractivity contribution >= 4 is 0 Å². The molecule has 1 aliphatic heterocycles. The maximum Gasteiger partial charge on any atom is 0.120 e. The molecule has 1 saturated heterocycles. The Hall–Kier alpha value is -2.04. The second kappa shape index (κ2) is 5.53. The number of rotatable bonds is 3. The van der Waals surface area contributed by atoms with Gasteiger partial charge in [0.05, 0.1) is 13.2 Å². The topological polar surface area (TPSA) is 53.5 Å². The first-order valence-electron chi connectivity index (χ1n) is 6.71. The van der Waals surface area contributed by atoms with Gasteiger partial charge in [-0.1, -0.05) is 30.3 Å². The van der Waals surface area contributed by atoms with Gasteiger partial charge in [-0.15, -0.1) is 0 Å². The molecule has 3 rings (SSSR count). The molecule has 1 aliphatic rings. The van der Waals surface area contributed by atoms with E-state index in [0.29, 0.717) is 5.75 Å². The van der Waals surface area contributed by atoms with Gasteiger partial charge in [-0.2, -0.15) is 0 Å². The van der Waals surface area contributed by atoms with E-state index >= 15 is 0 Å². The maximum atomic E-state index is 10.0. The second-order valence-corrected chi connectivity index (χ2v) is 4.96. The highest BCUT2D eigenvalue weighted by atomic mass is 16.5. The number of benzene rings is 2. The Morgan fingerprint density at radius 3 is 2.55 bits per heavy atom. The molecule has 104 valence electrons. The van der Waals surface area contributed by atoms with Gasteiger partial charge in [0, 0.05) is 11.6 Å². The van der Waals surface area contributed by atoms with Gasteiger partial charge in [0.2, 0.25) is 0 Å². The number of hydrogen-bond acceptors (Lipinski definition) is 4. The largest absolute Gasteiger partial charge is 0.508 e. The maximum absolute atomic E-state index is 10.0. The molecule has 2 aromatic rings. The molecule has 0 aliphatic carbocycles. The van der Waals surface area contributed by atoms with Gasteiger partial charge in [0.1, 0.15) is 11.5 Å². The van der Waals surface area contributed by atoms with Crippen molar-refractivity contribution in [3.05, 3.63) is 59.7 Å². The summed E-state index contributed by atoms with van der Waals surface area (Å²) >= 11 is 0. The molecule has 0 bridgehead atoms. The Labute approximate surface area is 118 Å². The van der Waals surface area contributed by atoms with Crippen LogP contribution in [0.3, 0.4) is 0 Å². The average Bonchev–Trinajstić information content (AvgIpc) is 2.98. The Kier molecular flexibility index (Phi) is 3.58. The molecule has 2 aromatic carbocycles. The molecule has 20 heavy (non-hydrogen) atoms. The normalized spacial score (nSPS) is 21.9. The van der Waals surface area contributed by atoms with E-state index in [2.05, 4.69) is 23.0 Å². The van der Waals surface area contributed by atoms with Crippen molar-refractivity contribution in [3.8, 4) is 11.5 Å². The average molecular weight is 270 g/mol. The van der Waals surface area contributed by atoms with Crippen molar-refractivity contribution < 1.29 is 9.84 Å². The Balaban J connectivity index is 1.80. The highest BCUT2D eigenvalue weighted by Crippen LogP contribution is 2.36. The summed E-state index contributed by atoms with van der Waals surface area (Å²) < 4.78 is 5.22. The van der Waals surface area contributed by atoms with Crippen molar-refractivity contribution in [2.45, 2.75) is 18.5 Å². The summed E-state index contributed by atoms with van der Waals surface area (Å²) in [6, 6.07) is 15.9. The lowest BCUT2D eigenvalue weighted by molar-refractivity contribution is 0.407.